The van der Waals surface area contributed by atoms with Gasteiger partial charge < -0.3 is 5.11 Å². The van der Waals surface area contributed by atoms with Gasteiger partial charge in [-0.05, 0) is 24.1 Å². The van der Waals surface area contributed by atoms with E-state index in [1.807, 2.05) is 33.0 Å². The van der Waals surface area contributed by atoms with Crippen molar-refractivity contribution in [1.29, 1.82) is 0 Å². The van der Waals surface area contributed by atoms with E-state index in [0.717, 1.165) is 5.56 Å². The summed E-state index contributed by atoms with van der Waals surface area (Å²) >= 11 is 0. The molecule has 1 aromatic heterocycles. The van der Waals surface area contributed by atoms with E-state index in [1.165, 1.54) is 5.56 Å². The number of rotatable bonds is 2. The van der Waals surface area contributed by atoms with Gasteiger partial charge in [0.25, 0.3) is 0 Å². The van der Waals surface area contributed by atoms with E-state index in [4.69, 9.17) is 5.11 Å². The number of pyridine rings is 1. The van der Waals surface area contributed by atoms with E-state index in [-0.39, 0.29) is 12.0 Å². The largest absolute Gasteiger partial charge is 0.395 e. The van der Waals surface area contributed by atoms with Crippen LogP contribution in [0.15, 0.2) is 18.5 Å². The molecule has 0 bridgehead atoms. The van der Waals surface area contributed by atoms with E-state index in [0.29, 0.717) is 0 Å². The van der Waals surface area contributed by atoms with Crippen molar-refractivity contribution in [2.24, 2.45) is 0 Å². The van der Waals surface area contributed by atoms with Gasteiger partial charge in [-0.1, -0.05) is 13.8 Å². The normalized spacial score (nSPS) is 11.7. The Hall–Kier alpha value is -0.890. The molecule has 66 valence electrons. The summed E-state index contributed by atoms with van der Waals surface area (Å²) in [6.45, 7) is 6.21. The fourth-order valence-electron chi connectivity index (χ4n) is 1.26. The van der Waals surface area contributed by atoms with Crippen molar-refractivity contribution in [2.45, 2.75) is 26.2 Å². The minimum absolute atomic E-state index is 0.152. The number of aromatic nitrogens is 1. The molecule has 0 radical (unpaired) electrons. The molecule has 0 aliphatic heterocycles. The lowest BCUT2D eigenvalue weighted by Gasteiger charge is -2.23. The Kier molecular flexibility index (Phi) is 2.48. The van der Waals surface area contributed by atoms with Gasteiger partial charge in [-0.25, -0.2) is 0 Å². The Morgan fingerprint density at radius 2 is 2.17 bits per heavy atom. The first-order chi connectivity index (χ1) is 5.58. The maximum Gasteiger partial charge on any atom is 0.0523 e. The van der Waals surface area contributed by atoms with Crippen LogP contribution in [-0.4, -0.2) is 16.7 Å². The standard InChI is InChI=1S/C10H15NO/c1-8-4-5-11-6-9(8)10(2,3)7-12/h4-6,12H,7H2,1-3H3. The average molecular weight is 165 g/mol. The van der Waals surface area contributed by atoms with Gasteiger partial charge in [0.05, 0.1) is 6.61 Å². The molecule has 0 saturated carbocycles. The van der Waals surface area contributed by atoms with Gasteiger partial charge >= 0.3 is 0 Å². The summed E-state index contributed by atoms with van der Waals surface area (Å²) in [6, 6.07) is 1.97. The topological polar surface area (TPSA) is 33.1 Å². The molecule has 2 heteroatoms. The van der Waals surface area contributed by atoms with Crippen molar-refractivity contribution in [2.75, 3.05) is 6.61 Å². The lowest BCUT2D eigenvalue weighted by Crippen LogP contribution is -2.23. The predicted molar refractivity (Wildman–Crippen MR) is 49.1 cm³/mol. The molecule has 0 atom stereocenters. The summed E-state index contributed by atoms with van der Waals surface area (Å²) in [5.41, 5.74) is 2.12. The Bertz CT molecular complexity index is 268. The molecule has 1 heterocycles. The highest BCUT2D eigenvalue weighted by molar-refractivity contribution is 5.28. The molecular formula is C10H15NO. The summed E-state index contributed by atoms with van der Waals surface area (Å²) in [7, 11) is 0. The second-order valence-electron chi connectivity index (χ2n) is 3.73. The van der Waals surface area contributed by atoms with E-state index in [9.17, 15) is 0 Å². The Morgan fingerprint density at radius 3 is 2.67 bits per heavy atom. The number of aryl methyl sites for hydroxylation is 1. The van der Waals surface area contributed by atoms with Gasteiger partial charge in [0.15, 0.2) is 0 Å². The summed E-state index contributed by atoms with van der Waals surface area (Å²) < 4.78 is 0. The van der Waals surface area contributed by atoms with Crippen LogP contribution in [0.2, 0.25) is 0 Å². The fraction of sp³-hybridized carbons (Fsp3) is 0.500. The van der Waals surface area contributed by atoms with E-state index in [2.05, 4.69) is 4.98 Å². The molecule has 1 N–H and O–H groups in total. The number of aliphatic hydroxyl groups is 1. The molecule has 12 heavy (non-hydrogen) atoms. The van der Waals surface area contributed by atoms with Crippen LogP contribution in [0.1, 0.15) is 25.0 Å². The maximum absolute atomic E-state index is 9.14. The van der Waals surface area contributed by atoms with Crippen molar-refractivity contribution in [3.05, 3.63) is 29.6 Å². The van der Waals surface area contributed by atoms with Gasteiger partial charge in [0.1, 0.15) is 0 Å². The van der Waals surface area contributed by atoms with E-state index in [1.54, 1.807) is 6.20 Å². The third kappa shape index (κ3) is 1.64. The zero-order valence-electron chi connectivity index (χ0n) is 7.83. The highest BCUT2D eigenvalue weighted by Crippen LogP contribution is 2.24. The summed E-state index contributed by atoms with van der Waals surface area (Å²) in [5, 5.41) is 9.14. The Balaban J connectivity index is 3.10. The molecule has 0 saturated heterocycles. The minimum atomic E-state index is -0.182. The fourth-order valence-corrected chi connectivity index (χ4v) is 1.26. The predicted octanol–water partition coefficient (Wildman–Crippen LogP) is 1.66. The van der Waals surface area contributed by atoms with Crippen LogP contribution < -0.4 is 0 Å². The summed E-state index contributed by atoms with van der Waals surface area (Å²) in [6.07, 6.45) is 3.60. The minimum Gasteiger partial charge on any atom is -0.395 e. The Morgan fingerprint density at radius 1 is 1.50 bits per heavy atom. The number of hydrogen-bond acceptors (Lipinski definition) is 2. The SMILES string of the molecule is Cc1ccncc1C(C)(C)CO. The highest BCUT2D eigenvalue weighted by Gasteiger charge is 2.20. The third-order valence-electron chi connectivity index (χ3n) is 2.16. The molecule has 0 fully saturated rings. The molecule has 1 rings (SSSR count). The number of nitrogens with zero attached hydrogens (tertiary/aromatic N) is 1. The third-order valence-corrected chi connectivity index (χ3v) is 2.16. The van der Waals surface area contributed by atoms with Crippen molar-refractivity contribution < 1.29 is 5.11 Å². The van der Waals surface area contributed by atoms with E-state index < -0.39 is 0 Å². The lowest BCUT2D eigenvalue weighted by atomic mass is 9.84. The molecule has 0 aliphatic rings. The smallest absolute Gasteiger partial charge is 0.0523 e. The monoisotopic (exact) mass is 165 g/mol. The molecule has 0 aromatic carbocycles. The van der Waals surface area contributed by atoms with Gasteiger partial charge in [0.2, 0.25) is 0 Å². The summed E-state index contributed by atoms with van der Waals surface area (Å²) in [5.74, 6) is 0. The number of hydrogen-bond donors (Lipinski definition) is 1. The summed E-state index contributed by atoms with van der Waals surface area (Å²) in [4.78, 5) is 4.05. The van der Waals surface area contributed by atoms with Gasteiger partial charge in [-0.15, -0.1) is 0 Å². The van der Waals surface area contributed by atoms with Crippen molar-refractivity contribution >= 4 is 0 Å². The second-order valence-corrected chi connectivity index (χ2v) is 3.73. The zero-order valence-corrected chi connectivity index (χ0v) is 7.83. The quantitative estimate of drug-likeness (QED) is 0.723. The van der Waals surface area contributed by atoms with Crippen LogP contribution in [0.25, 0.3) is 0 Å². The van der Waals surface area contributed by atoms with Gasteiger partial charge in [-0.2, -0.15) is 0 Å². The maximum atomic E-state index is 9.14. The number of aliphatic hydroxyl groups excluding tert-OH is 1. The van der Waals surface area contributed by atoms with Crippen molar-refractivity contribution in [3.8, 4) is 0 Å². The molecule has 0 unspecified atom stereocenters. The average Bonchev–Trinajstić information content (AvgIpc) is 2.05. The van der Waals surface area contributed by atoms with Crippen LogP contribution in [0.4, 0.5) is 0 Å². The van der Waals surface area contributed by atoms with Crippen LogP contribution in [0, 0.1) is 6.92 Å². The van der Waals surface area contributed by atoms with Crippen LogP contribution in [0.5, 0.6) is 0 Å². The van der Waals surface area contributed by atoms with Crippen molar-refractivity contribution in [1.82, 2.24) is 4.98 Å². The first-order valence-corrected chi connectivity index (χ1v) is 4.10. The first-order valence-electron chi connectivity index (χ1n) is 4.10. The molecule has 1 aromatic rings. The molecule has 2 nitrogen and oxygen atoms in total. The lowest BCUT2D eigenvalue weighted by molar-refractivity contribution is 0.217. The second kappa shape index (κ2) is 3.23. The molecule has 0 aliphatic carbocycles. The van der Waals surface area contributed by atoms with Crippen LogP contribution >= 0.6 is 0 Å². The molecular weight excluding hydrogens is 150 g/mol. The van der Waals surface area contributed by atoms with Crippen molar-refractivity contribution in [3.63, 3.8) is 0 Å². The first kappa shape index (κ1) is 9.20. The highest BCUT2D eigenvalue weighted by atomic mass is 16.3. The Labute approximate surface area is 73.3 Å². The van der Waals surface area contributed by atoms with Gasteiger partial charge in [0, 0.05) is 17.8 Å². The van der Waals surface area contributed by atoms with Crippen LogP contribution in [-0.2, 0) is 5.41 Å². The van der Waals surface area contributed by atoms with Crippen LogP contribution in [0.3, 0.4) is 0 Å². The molecule has 0 amide bonds. The van der Waals surface area contributed by atoms with Gasteiger partial charge in [-0.3, -0.25) is 4.98 Å². The van der Waals surface area contributed by atoms with E-state index >= 15 is 0 Å². The molecule has 0 spiro atoms. The zero-order chi connectivity index (χ0) is 9.19.